The summed E-state index contributed by atoms with van der Waals surface area (Å²) in [6.45, 7) is 2.52. The van der Waals surface area contributed by atoms with Gasteiger partial charge in [0.2, 0.25) is 0 Å². The van der Waals surface area contributed by atoms with Crippen LogP contribution in [-0.2, 0) is 29.0 Å². The SMILES string of the molecule is O=C(CN1CCOCC1)NNC(=O)[C@H]1CC[C@H]2CN1C(=O)N2OS(=O)(=O)O. The van der Waals surface area contributed by atoms with Crippen molar-refractivity contribution >= 4 is 28.2 Å². The lowest BCUT2D eigenvalue weighted by atomic mass is 10.0. The Kier molecular flexibility index (Phi) is 5.81. The molecule has 3 aliphatic rings. The Balaban J connectivity index is 1.50. The highest BCUT2D eigenvalue weighted by Gasteiger charge is 2.49. The second-order valence-corrected chi connectivity index (χ2v) is 7.44. The van der Waals surface area contributed by atoms with Gasteiger partial charge in [-0.25, -0.2) is 4.79 Å². The second-order valence-electron chi connectivity index (χ2n) is 6.44. The van der Waals surface area contributed by atoms with E-state index in [9.17, 15) is 22.8 Å². The maximum absolute atomic E-state index is 12.3. The van der Waals surface area contributed by atoms with Gasteiger partial charge in [0.05, 0.1) is 25.8 Å². The summed E-state index contributed by atoms with van der Waals surface area (Å²) in [6, 6.07) is -2.30. The molecule has 3 rings (SSSR count). The molecule has 27 heavy (non-hydrogen) atoms. The van der Waals surface area contributed by atoms with Crippen LogP contribution in [0.4, 0.5) is 4.79 Å². The second kappa shape index (κ2) is 7.93. The number of nitrogens with zero attached hydrogens (tertiary/aromatic N) is 3. The van der Waals surface area contributed by atoms with Crippen molar-refractivity contribution in [3.8, 4) is 0 Å². The van der Waals surface area contributed by atoms with Crippen LogP contribution in [0.3, 0.4) is 0 Å². The fourth-order valence-electron chi connectivity index (χ4n) is 3.32. The lowest BCUT2D eigenvalue weighted by molar-refractivity contribution is -0.132. The minimum Gasteiger partial charge on any atom is -0.379 e. The molecule has 3 fully saturated rings. The summed E-state index contributed by atoms with van der Waals surface area (Å²) in [4.78, 5) is 39.5. The molecule has 3 saturated heterocycles. The van der Waals surface area contributed by atoms with Crippen molar-refractivity contribution in [3.05, 3.63) is 0 Å². The summed E-state index contributed by atoms with van der Waals surface area (Å²) in [6.07, 6.45) is 0.560. The summed E-state index contributed by atoms with van der Waals surface area (Å²) in [7, 11) is -4.85. The molecule has 152 valence electrons. The Morgan fingerprint density at radius 3 is 2.59 bits per heavy atom. The number of urea groups is 1. The molecule has 2 bridgehead atoms. The van der Waals surface area contributed by atoms with Crippen LogP contribution in [0.1, 0.15) is 12.8 Å². The average molecular weight is 407 g/mol. The van der Waals surface area contributed by atoms with Crippen LogP contribution >= 0.6 is 0 Å². The zero-order chi connectivity index (χ0) is 19.6. The predicted octanol–water partition coefficient (Wildman–Crippen LogP) is -2.53. The number of fused-ring (bicyclic) bond motifs is 2. The summed E-state index contributed by atoms with van der Waals surface area (Å²) in [5, 5.41) is 0.555. The number of carbonyl (C=O) groups excluding carboxylic acids is 3. The Labute approximate surface area is 155 Å². The van der Waals surface area contributed by atoms with Crippen LogP contribution in [0.2, 0.25) is 0 Å². The Morgan fingerprint density at radius 1 is 1.22 bits per heavy atom. The van der Waals surface area contributed by atoms with E-state index in [1.807, 2.05) is 4.90 Å². The van der Waals surface area contributed by atoms with Crippen LogP contribution in [0, 0.1) is 0 Å². The lowest BCUT2D eigenvalue weighted by Crippen LogP contribution is -2.55. The number of hydroxylamine groups is 2. The van der Waals surface area contributed by atoms with E-state index in [1.165, 1.54) is 0 Å². The standard InChI is InChI=1S/C13H21N5O8S/c19-11(8-16-3-5-25-6-4-16)14-15-12(20)10-2-1-9-7-17(10)13(21)18(9)26-27(22,23)24/h9-10H,1-8H2,(H,14,19)(H,15,20)(H,22,23,24)/t9-,10+/m0/s1. The molecule has 14 heteroatoms. The summed E-state index contributed by atoms with van der Waals surface area (Å²) in [5.41, 5.74) is 4.60. The van der Waals surface area contributed by atoms with Gasteiger partial charge in [-0.05, 0) is 12.8 Å². The number of piperidine rings is 1. The molecule has 0 aliphatic carbocycles. The molecular weight excluding hydrogens is 386 g/mol. The Bertz CT molecular complexity index is 709. The van der Waals surface area contributed by atoms with Crippen LogP contribution in [0.15, 0.2) is 0 Å². The highest BCUT2D eigenvalue weighted by atomic mass is 32.3. The van der Waals surface area contributed by atoms with Crippen molar-refractivity contribution < 1.29 is 36.4 Å². The molecule has 2 atom stereocenters. The van der Waals surface area contributed by atoms with E-state index in [2.05, 4.69) is 15.1 Å². The van der Waals surface area contributed by atoms with E-state index in [-0.39, 0.29) is 19.5 Å². The van der Waals surface area contributed by atoms with Gasteiger partial charge >= 0.3 is 16.4 Å². The van der Waals surface area contributed by atoms with Gasteiger partial charge in [0.1, 0.15) is 6.04 Å². The summed E-state index contributed by atoms with van der Waals surface area (Å²) < 4.78 is 40.0. The number of hydrazine groups is 1. The van der Waals surface area contributed by atoms with Crippen LogP contribution in [0.25, 0.3) is 0 Å². The van der Waals surface area contributed by atoms with Crippen molar-refractivity contribution in [1.29, 1.82) is 0 Å². The van der Waals surface area contributed by atoms with Crippen molar-refractivity contribution in [3.63, 3.8) is 0 Å². The van der Waals surface area contributed by atoms with Gasteiger partial charge in [-0.1, -0.05) is 0 Å². The van der Waals surface area contributed by atoms with Crippen molar-refractivity contribution in [2.24, 2.45) is 0 Å². The third kappa shape index (κ3) is 4.84. The normalized spacial score (nSPS) is 26.2. The van der Waals surface area contributed by atoms with Crippen molar-refractivity contribution in [1.82, 2.24) is 25.7 Å². The quantitative estimate of drug-likeness (QED) is 0.330. The van der Waals surface area contributed by atoms with Gasteiger partial charge in [0.15, 0.2) is 0 Å². The minimum atomic E-state index is -4.85. The molecule has 0 unspecified atom stereocenters. The number of carbonyl (C=O) groups is 3. The first kappa shape index (κ1) is 19.8. The molecular formula is C13H21N5O8S. The number of ether oxygens (including phenoxy) is 1. The minimum absolute atomic E-state index is 0.0775. The van der Waals surface area contributed by atoms with Gasteiger partial charge in [0.25, 0.3) is 11.8 Å². The molecule has 3 heterocycles. The van der Waals surface area contributed by atoms with Gasteiger partial charge in [-0.2, -0.15) is 13.5 Å². The number of nitrogens with one attached hydrogen (secondary N) is 2. The maximum atomic E-state index is 12.3. The molecule has 0 saturated carbocycles. The monoisotopic (exact) mass is 407 g/mol. The molecule has 4 amide bonds. The van der Waals surface area contributed by atoms with Crippen LogP contribution in [0.5, 0.6) is 0 Å². The zero-order valence-corrected chi connectivity index (χ0v) is 15.2. The van der Waals surface area contributed by atoms with E-state index >= 15 is 0 Å². The highest BCUT2D eigenvalue weighted by Crippen LogP contribution is 2.30. The van der Waals surface area contributed by atoms with Crippen LogP contribution in [-0.4, -0.2) is 97.2 Å². The fourth-order valence-corrected chi connectivity index (χ4v) is 3.71. The van der Waals surface area contributed by atoms with Gasteiger partial charge in [0, 0.05) is 19.6 Å². The van der Waals surface area contributed by atoms with Crippen LogP contribution < -0.4 is 10.9 Å². The Hall–Kier alpha value is -2.00. The molecule has 3 aliphatic heterocycles. The van der Waals surface area contributed by atoms with Crippen molar-refractivity contribution in [2.45, 2.75) is 24.9 Å². The zero-order valence-electron chi connectivity index (χ0n) is 14.4. The van der Waals surface area contributed by atoms with E-state index in [4.69, 9.17) is 9.29 Å². The third-order valence-corrected chi connectivity index (χ3v) is 4.95. The first-order valence-corrected chi connectivity index (χ1v) is 9.77. The smallest absolute Gasteiger partial charge is 0.379 e. The first-order valence-electron chi connectivity index (χ1n) is 8.40. The third-order valence-electron chi connectivity index (χ3n) is 4.60. The van der Waals surface area contributed by atoms with Gasteiger partial charge in [-0.3, -0.25) is 29.9 Å². The average Bonchev–Trinajstić information content (AvgIpc) is 2.84. The molecule has 0 aromatic carbocycles. The van der Waals surface area contributed by atoms with E-state index < -0.39 is 40.3 Å². The topological polar surface area (TPSA) is 158 Å². The summed E-state index contributed by atoms with van der Waals surface area (Å²) >= 11 is 0. The molecule has 0 radical (unpaired) electrons. The molecule has 0 aromatic rings. The molecule has 3 N–H and O–H groups in total. The number of hydrogen-bond acceptors (Lipinski definition) is 8. The van der Waals surface area contributed by atoms with E-state index in [0.717, 1.165) is 4.90 Å². The number of amides is 4. The van der Waals surface area contributed by atoms with Gasteiger partial charge in [-0.15, -0.1) is 4.28 Å². The van der Waals surface area contributed by atoms with Crippen molar-refractivity contribution in [2.75, 3.05) is 39.4 Å². The number of hydrogen-bond donors (Lipinski definition) is 3. The number of rotatable bonds is 5. The number of morpholine rings is 1. The maximum Gasteiger partial charge on any atom is 0.418 e. The molecule has 0 aromatic heterocycles. The summed E-state index contributed by atoms with van der Waals surface area (Å²) in [5.74, 6) is -0.992. The largest absolute Gasteiger partial charge is 0.418 e. The van der Waals surface area contributed by atoms with E-state index in [1.54, 1.807) is 0 Å². The fraction of sp³-hybridized carbons (Fsp3) is 0.769. The molecule has 13 nitrogen and oxygen atoms in total. The predicted molar refractivity (Wildman–Crippen MR) is 86.9 cm³/mol. The first-order chi connectivity index (χ1) is 12.7. The Morgan fingerprint density at radius 2 is 1.93 bits per heavy atom. The lowest BCUT2D eigenvalue weighted by Gasteiger charge is -2.29. The van der Waals surface area contributed by atoms with E-state index in [0.29, 0.717) is 37.8 Å². The highest BCUT2D eigenvalue weighted by molar-refractivity contribution is 7.80. The van der Waals surface area contributed by atoms with Gasteiger partial charge < -0.3 is 9.64 Å². The molecule has 0 spiro atoms.